The minimum absolute atomic E-state index is 0.0890. The lowest BCUT2D eigenvalue weighted by Gasteiger charge is -2.37. The molecule has 0 aliphatic carbocycles. The molecule has 2 heterocycles. The van der Waals surface area contributed by atoms with E-state index in [1.807, 2.05) is 0 Å². The van der Waals surface area contributed by atoms with Gasteiger partial charge in [-0.15, -0.1) is 0 Å². The summed E-state index contributed by atoms with van der Waals surface area (Å²) in [5, 5.41) is 2.83. The second-order valence-corrected chi connectivity index (χ2v) is 7.17. The fraction of sp³-hybridized carbons (Fsp3) is 0.364. The number of piperidine rings is 1. The van der Waals surface area contributed by atoms with Crippen LogP contribution in [0, 0.1) is 0 Å². The zero-order valence-electron chi connectivity index (χ0n) is 16.3. The zero-order chi connectivity index (χ0) is 20.3. The van der Waals surface area contributed by atoms with Crippen molar-refractivity contribution in [1.82, 2.24) is 4.90 Å². The molecule has 1 spiro atoms. The van der Waals surface area contributed by atoms with Gasteiger partial charge in [-0.25, -0.2) is 0 Å². The number of hydrogen-bond donors (Lipinski definition) is 1. The van der Waals surface area contributed by atoms with E-state index in [-0.39, 0.29) is 11.8 Å². The van der Waals surface area contributed by atoms with Crippen LogP contribution in [0.4, 0.5) is 5.69 Å². The molecule has 29 heavy (non-hydrogen) atoms. The Labute approximate surface area is 169 Å². The summed E-state index contributed by atoms with van der Waals surface area (Å²) in [6.07, 6.45) is 1.32. The van der Waals surface area contributed by atoms with Gasteiger partial charge >= 0.3 is 0 Å². The van der Waals surface area contributed by atoms with Crippen molar-refractivity contribution < 1.29 is 23.8 Å². The van der Waals surface area contributed by atoms with Crippen LogP contribution in [0.15, 0.2) is 48.5 Å². The summed E-state index contributed by atoms with van der Waals surface area (Å²) in [5.41, 5.74) is 1.55. The number of amides is 2. The topological polar surface area (TPSA) is 77.1 Å². The number of hydrogen-bond acceptors (Lipinski definition) is 5. The number of carbonyl (C=O) groups is 2. The van der Waals surface area contributed by atoms with Crippen molar-refractivity contribution >= 4 is 17.5 Å². The SMILES string of the molecule is COc1cccc(NC(=O)c2cccc(C(=O)N3CCC4(CC3)OCCO4)c2)c1. The molecule has 0 bridgehead atoms. The highest BCUT2D eigenvalue weighted by molar-refractivity contribution is 6.06. The van der Waals surface area contributed by atoms with Crippen LogP contribution in [0.3, 0.4) is 0 Å². The number of nitrogens with one attached hydrogen (secondary N) is 1. The Morgan fingerprint density at radius 2 is 1.69 bits per heavy atom. The van der Waals surface area contributed by atoms with Gasteiger partial charge in [0.2, 0.25) is 0 Å². The van der Waals surface area contributed by atoms with Gasteiger partial charge in [-0.05, 0) is 30.3 Å². The van der Waals surface area contributed by atoms with Gasteiger partial charge in [0.05, 0.1) is 20.3 Å². The highest BCUT2D eigenvalue weighted by Gasteiger charge is 2.40. The molecule has 2 aromatic rings. The molecule has 0 aromatic heterocycles. The summed E-state index contributed by atoms with van der Waals surface area (Å²) in [6, 6.07) is 13.9. The Kier molecular flexibility index (Phi) is 5.51. The zero-order valence-corrected chi connectivity index (χ0v) is 16.3. The lowest BCUT2D eigenvalue weighted by molar-refractivity contribution is -0.181. The molecule has 0 unspecified atom stereocenters. The Morgan fingerprint density at radius 3 is 2.41 bits per heavy atom. The maximum Gasteiger partial charge on any atom is 0.255 e. The van der Waals surface area contributed by atoms with Crippen molar-refractivity contribution in [2.75, 3.05) is 38.7 Å². The fourth-order valence-electron chi connectivity index (χ4n) is 3.72. The Hall–Kier alpha value is -2.90. The van der Waals surface area contributed by atoms with Crippen LogP contribution < -0.4 is 10.1 Å². The highest BCUT2D eigenvalue weighted by atomic mass is 16.7. The smallest absolute Gasteiger partial charge is 0.255 e. The molecule has 2 aliphatic rings. The van der Waals surface area contributed by atoms with E-state index in [0.717, 1.165) is 0 Å². The largest absolute Gasteiger partial charge is 0.497 e. The molecule has 0 saturated carbocycles. The maximum absolute atomic E-state index is 12.9. The van der Waals surface area contributed by atoms with E-state index in [9.17, 15) is 9.59 Å². The third-order valence-corrected chi connectivity index (χ3v) is 5.33. The van der Waals surface area contributed by atoms with Crippen molar-refractivity contribution in [3.05, 3.63) is 59.7 Å². The first-order valence-corrected chi connectivity index (χ1v) is 9.71. The predicted octanol–water partition coefficient (Wildman–Crippen LogP) is 2.93. The molecule has 2 aromatic carbocycles. The van der Waals surface area contributed by atoms with Crippen molar-refractivity contribution in [2.24, 2.45) is 0 Å². The summed E-state index contributed by atoms with van der Waals surface area (Å²) < 4.78 is 16.6. The standard InChI is InChI=1S/C22H24N2O5/c1-27-19-7-3-6-18(15-19)23-20(25)16-4-2-5-17(14-16)21(26)24-10-8-22(9-11-24)28-12-13-29-22/h2-7,14-15H,8-13H2,1H3,(H,23,25). The lowest BCUT2D eigenvalue weighted by atomic mass is 10.0. The number of rotatable bonds is 4. The number of benzene rings is 2. The van der Waals surface area contributed by atoms with E-state index in [1.54, 1.807) is 60.5 Å². The van der Waals surface area contributed by atoms with Crippen LogP contribution in [-0.4, -0.2) is 55.9 Å². The molecule has 7 heteroatoms. The fourth-order valence-corrected chi connectivity index (χ4v) is 3.72. The molecule has 7 nitrogen and oxygen atoms in total. The molecule has 0 atom stereocenters. The van der Waals surface area contributed by atoms with Gasteiger partial charge in [0.1, 0.15) is 5.75 Å². The summed E-state index contributed by atoms with van der Waals surface area (Å²) in [5.74, 6) is -0.230. The lowest BCUT2D eigenvalue weighted by Crippen LogP contribution is -2.47. The number of carbonyl (C=O) groups excluding carboxylic acids is 2. The van der Waals surface area contributed by atoms with E-state index in [1.165, 1.54) is 0 Å². The third-order valence-electron chi connectivity index (χ3n) is 5.33. The average Bonchev–Trinajstić information content (AvgIpc) is 3.22. The van der Waals surface area contributed by atoms with Gasteiger partial charge in [0, 0.05) is 48.8 Å². The summed E-state index contributed by atoms with van der Waals surface area (Å²) in [4.78, 5) is 27.3. The predicted molar refractivity (Wildman–Crippen MR) is 107 cm³/mol. The van der Waals surface area contributed by atoms with E-state index in [2.05, 4.69) is 5.32 Å². The van der Waals surface area contributed by atoms with Gasteiger partial charge < -0.3 is 24.4 Å². The third kappa shape index (κ3) is 4.26. The van der Waals surface area contributed by atoms with Gasteiger partial charge in [0.15, 0.2) is 5.79 Å². The quantitative estimate of drug-likeness (QED) is 0.860. The van der Waals surface area contributed by atoms with Crippen LogP contribution in [-0.2, 0) is 9.47 Å². The minimum atomic E-state index is -0.519. The van der Waals surface area contributed by atoms with Crippen molar-refractivity contribution in [3.8, 4) is 5.75 Å². The highest BCUT2D eigenvalue weighted by Crippen LogP contribution is 2.31. The summed E-state index contributed by atoms with van der Waals surface area (Å²) in [6.45, 7) is 2.36. The second kappa shape index (κ2) is 8.23. The Bertz CT molecular complexity index is 898. The normalized spacial score (nSPS) is 17.9. The van der Waals surface area contributed by atoms with Gasteiger partial charge in [0.25, 0.3) is 11.8 Å². The number of anilines is 1. The van der Waals surface area contributed by atoms with E-state index >= 15 is 0 Å². The molecule has 0 radical (unpaired) electrons. The van der Waals surface area contributed by atoms with E-state index in [4.69, 9.17) is 14.2 Å². The molecule has 152 valence electrons. The first-order chi connectivity index (χ1) is 14.1. The van der Waals surface area contributed by atoms with Gasteiger partial charge in [-0.3, -0.25) is 9.59 Å². The van der Waals surface area contributed by atoms with Crippen LogP contribution >= 0.6 is 0 Å². The van der Waals surface area contributed by atoms with E-state index in [0.29, 0.717) is 61.7 Å². The second-order valence-electron chi connectivity index (χ2n) is 7.17. The van der Waals surface area contributed by atoms with Crippen LogP contribution in [0.5, 0.6) is 5.75 Å². The molecular weight excluding hydrogens is 372 g/mol. The number of methoxy groups -OCH3 is 1. The summed E-state index contributed by atoms with van der Waals surface area (Å²) >= 11 is 0. The summed E-state index contributed by atoms with van der Waals surface area (Å²) in [7, 11) is 1.57. The van der Waals surface area contributed by atoms with Gasteiger partial charge in [-0.2, -0.15) is 0 Å². The van der Waals surface area contributed by atoms with Crippen molar-refractivity contribution in [1.29, 1.82) is 0 Å². The number of likely N-dealkylation sites (tertiary alicyclic amines) is 1. The molecule has 2 fully saturated rings. The maximum atomic E-state index is 12.9. The number of ether oxygens (including phenoxy) is 3. The molecule has 1 N–H and O–H groups in total. The van der Waals surface area contributed by atoms with Crippen LogP contribution in [0.1, 0.15) is 33.6 Å². The van der Waals surface area contributed by atoms with E-state index < -0.39 is 5.79 Å². The first-order valence-electron chi connectivity index (χ1n) is 9.71. The monoisotopic (exact) mass is 396 g/mol. The first kappa shape index (κ1) is 19.4. The van der Waals surface area contributed by atoms with Crippen molar-refractivity contribution in [3.63, 3.8) is 0 Å². The Balaban J connectivity index is 1.42. The molecule has 2 amide bonds. The Morgan fingerprint density at radius 1 is 1.00 bits per heavy atom. The molecular formula is C22H24N2O5. The van der Waals surface area contributed by atoms with Crippen LogP contribution in [0.2, 0.25) is 0 Å². The molecule has 4 rings (SSSR count). The van der Waals surface area contributed by atoms with Crippen molar-refractivity contribution in [2.45, 2.75) is 18.6 Å². The average molecular weight is 396 g/mol. The van der Waals surface area contributed by atoms with Gasteiger partial charge in [-0.1, -0.05) is 12.1 Å². The molecule has 2 saturated heterocycles. The number of nitrogens with zero attached hydrogens (tertiary/aromatic N) is 1. The molecule has 2 aliphatic heterocycles. The minimum Gasteiger partial charge on any atom is -0.497 e. The van der Waals surface area contributed by atoms with Crippen LogP contribution in [0.25, 0.3) is 0 Å².